The van der Waals surface area contributed by atoms with Gasteiger partial charge in [0.25, 0.3) is 0 Å². The maximum absolute atomic E-state index is 12.8. The number of hydrogen-bond acceptors (Lipinski definition) is 6. The van der Waals surface area contributed by atoms with Crippen LogP contribution in [-0.4, -0.2) is 41.6 Å². The third kappa shape index (κ3) is 4.86. The smallest absolute Gasteiger partial charge is 0.317 e. The predicted molar refractivity (Wildman–Crippen MR) is 108 cm³/mol. The van der Waals surface area contributed by atoms with E-state index in [9.17, 15) is 19.5 Å². The molecule has 0 aliphatic heterocycles. The van der Waals surface area contributed by atoms with Crippen LogP contribution in [0.2, 0.25) is 0 Å². The normalized spacial score (nSPS) is 27.4. The summed E-state index contributed by atoms with van der Waals surface area (Å²) in [5.41, 5.74) is 0.00523. The highest BCUT2D eigenvalue weighted by molar-refractivity contribution is 6.02. The van der Waals surface area contributed by atoms with E-state index in [0.717, 1.165) is 5.56 Å². The first-order valence-electron chi connectivity index (χ1n) is 10.1. The van der Waals surface area contributed by atoms with Crippen LogP contribution < -0.4 is 0 Å². The molecule has 6 heteroatoms. The fourth-order valence-corrected chi connectivity index (χ4v) is 4.09. The molecule has 4 atom stereocenters. The van der Waals surface area contributed by atoms with E-state index in [1.807, 2.05) is 24.3 Å². The van der Waals surface area contributed by atoms with Crippen LogP contribution in [0.4, 0.5) is 0 Å². The molecule has 0 aromatic heterocycles. The van der Waals surface area contributed by atoms with E-state index in [1.54, 1.807) is 13.8 Å². The van der Waals surface area contributed by atoms with E-state index in [0.29, 0.717) is 5.56 Å². The van der Waals surface area contributed by atoms with E-state index in [-0.39, 0.29) is 25.0 Å². The van der Waals surface area contributed by atoms with E-state index >= 15 is 0 Å². The highest BCUT2D eigenvalue weighted by atomic mass is 16.5. The Kier molecular flexibility index (Phi) is 6.89. The molecule has 0 amide bonds. The molecule has 1 aromatic rings. The van der Waals surface area contributed by atoms with Crippen LogP contribution in [0.5, 0.6) is 0 Å². The zero-order valence-electron chi connectivity index (χ0n) is 18.2. The minimum atomic E-state index is -1.63. The second-order valence-electron chi connectivity index (χ2n) is 8.86. The monoisotopic (exact) mass is 404 g/mol. The molecular weight excluding hydrogens is 372 g/mol. The number of benzene rings is 1. The van der Waals surface area contributed by atoms with Crippen molar-refractivity contribution in [1.82, 2.24) is 0 Å². The molecule has 29 heavy (non-hydrogen) atoms. The molecule has 1 fully saturated rings. The largest absolute Gasteiger partial charge is 0.466 e. The quantitative estimate of drug-likeness (QED) is 0.599. The number of Topliss-reactive ketones (excluding diaryl/α,β-unsaturated/α-hetero) is 1. The minimum Gasteiger partial charge on any atom is -0.466 e. The van der Waals surface area contributed by atoms with Crippen molar-refractivity contribution < 1.29 is 29.0 Å². The summed E-state index contributed by atoms with van der Waals surface area (Å²) in [5.74, 6) is -4.81. The summed E-state index contributed by atoms with van der Waals surface area (Å²) >= 11 is 0. The van der Waals surface area contributed by atoms with Gasteiger partial charge in [-0.2, -0.15) is 0 Å². The average molecular weight is 405 g/mol. The highest BCUT2D eigenvalue weighted by Crippen LogP contribution is 2.47. The topological polar surface area (TPSA) is 89.9 Å². The van der Waals surface area contributed by atoms with Crippen LogP contribution in [-0.2, 0) is 29.3 Å². The second-order valence-corrected chi connectivity index (χ2v) is 8.86. The fraction of sp³-hybridized carbons (Fsp3) is 0.609. The van der Waals surface area contributed by atoms with E-state index in [2.05, 4.69) is 20.8 Å². The Hall–Kier alpha value is -2.21. The fourth-order valence-electron chi connectivity index (χ4n) is 4.09. The minimum absolute atomic E-state index is 0.0759. The van der Waals surface area contributed by atoms with Crippen LogP contribution in [0.25, 0.3) is 0 Å². The Morgan fingerprint density at radius 1 is 1.07 bits per heavy atom. The van der Waals surface area contributed by atoms with Crippen LogP contribution in [0, 0.1) is 11.8 Å². The molecule has 0 bridgehead atoms. The molecule has 2 rings (SSSR count). The second kappa shape index (κ2) is 8.66. The summed E-state index contributed by atoms with van der Waals surface area (Å²) < 4.78 is 10.4. The lowest BCUT2D eigenvalue weighted by atomic mass is 9.61. The maximum Gasteiger partial charge on any atom is 0.317 e. The summed E-state index contributed by atoms with van der Waals surface area (Å²) in [6, 6.07) is 7.48. The molecule has 1 aliphatic carbocycles. The van der Waals surface area contributed by atoms with Gasteiger partial charge in [0.2, 0.25) is 0 Å². The van der Waals surface area contributed by atoms with Crippen molar-refractivity contribution in [2.45, 2.75) is 64.9 Å². The Morgan fingerprint density at radius 3 is 2.07 bits per heavy atom. The number of esters is 2. The SMILES string of the molecule is CCOC(=O)C1C(=O)CC(C)(O)C(C(=O)OCC)C1c1ccc(C(C)(C)C)cc1. The maximum atomic E-state index is 12.8. The third-order valence-electron chi connectivity index (χ3n) is 5.51. The van der Waals surface area contributed by atoms with Crippen molar-refractivity contribution in [3.05, 3.63) is 35.4 Å². The van der Waals surface area contributed by atoms with Crippen LogP contribution >= 0.6 is 0 Å². The van der Waals surface area contributed by atoms with Gasteiger partial charge < -0.3 is 14.6 Å². The molecule has 1 aromatic carbocycles. The van der Waals surface area contributed by atoms with Gasteiger partial charge in [-0.1, -0.05) is 45.0 Å². The molecule has 0 spiro atoms. The summed E-state index contributed by atoms with van der Waals surface area (Å²) in [4.78, 5) is 38.3. The highest BCUT2D eigenvalue weighted by Gasteiger charge is 2.57. The molecule has 160 valence electrons. The van der Waals surface area contributed by atoms with Crippen molar-refractivity contribution >= 4 is 17.7 Å². The first kappa shape index (κ1) is 23.1. The third-order valence-corrected chi connectivity index (χ3v) is 5.51. The number of aliphatic hydroxyl groups is 1. The van der Waals surface area contributed by atoms with Crippen molar-refractivity contribution in [3.63, 3.8) is 0 Å². The summed E-state index contributed by atoms with van der Waals surface area (Å²) in [6.45, 7) is 11.3. The first-order valence-corrected chi connectivity index (χ1v) is 10.1. The van der Waals surface area contributed by atoms with Gasteiger partial charge in [0.1, 0.15) is 5.92 Å². The van der Waals surface area contributed by atoms with Crippen molar-refractivity contribution in [2.75, 3.05) is 13.2 Å². The van der Waals surface area contributed by atoms with Gasteiger partial charge in [0.15, 0.2) is 5.78 Å². The Labute approximate surface area is 172 Å². The van der Waals surface area contributed by atoms with Gasteiger partial charge in [0, 0.05) is 12.3 Å². The zero-order valence-corrected chi connectivity index (χ0v) is 18.2. The molecule has 4 unspecified atom stereocenters. The lowest BCUT2D eigenvalue weighted by Crippen LogP contribution is -2.55. The number of hydrogen-bond donors (Lipinski definition) is 1. The molecule has 1 aliphatic rings. The summed E-state index contributed by atoms with van der Waals surface area (Å²) in [6.07, 6.45) is -0.309. The Bertz CT molecular complexity index is 757. The predicted octanol–water partition coefficient (Wildman–Crippen LogP) is 3.15. The molecule has 0 saturated heterocycles. The number of carbonyl (C=O) groups excluding carboxylic acids is 3. The van der Waals surface area contributed by atoms with E-state index in [1.165, 1.54) is 6.92 Å². The molecular formula is C23H32O6. The standard InChI is InChI=1S/C23H32O6/c1-7-28-20(25)18-16(24)13-23(6,27)19(21(26)29-8-2)17(18)14-9-11-15(12-10-14)22(3,4)5/h9-12,17-19,27H,7-8,13H2,1-6H3. The van der Waals surface area contributed by atoms with Gasteiger partial charge in [-0.05, 0) is 37.3 Å². The van der Waals surface area contributed by atoms with Gasteiger partial charge >= 0.3 is 11.9 Å². The molecule has 1 N–H and O–H groups in total. The number of carbonyl (C=O) groups is 3. The lowest BCUT2D eigenvalue weighted by molar-refractivity contribution is -0.172. The first-order chi connectivity index (χ1) is 13.4. The average Bonchev–Trinajstić information content (AvgIpc) is 2.59. The van der Waals surface area contributed by atoms with Crippen molar-refractivity contribution in [3.8, 4) is 0 Å². The summed E-state index contributed by atoms with van der Waals surface area (Å²) in [7, 11) is 0. The van der Waals surface area contributed by atoms with Gasteiger partial charge in [-0.25, -0.2) is 0 Å². The lowest BCUT2D eigenvalue weighted by Gasteiger charge is -2.43. The van der Waals surface area contributed by atoms with Gasteiger partial charge in [-0.15, -0.1) is 0 Å². The Balaban J connectivity index is 2.61. The molecule has 0 heterocycles. The van der Waals surface area contributed by atoms with Crippen LogP contribution in [0.15, 0.2) is 24.3 Å². The molecule has 1 saturated carbocycles. The van der Waals surface area contributed by atoms with Crippen LogP contribution in [0.1, 0.15) is 65.0 Å². The van der Waals surface area contributed by atoms with Gasteiger partial charge in [0.05, 0.1) is 24.7 Å². The zero-order chi connectivity index (χ0) is 22.0. The number of rotatable bonds is 5. The van der Waals surface area contributed by atoms with Gasteiger partial charge in [-0.3, -0.25) is 14.4 Å². The molecule has 0 radical (unpaired) electrons. The number of ether oxygens (including phenoxy) is 2. The Morgan fingerprint density at radius 2 is 1.59 bits per heavy atom. The summed E-state index contributed by atoms with van der Waals surface area (Å²) in [5, 5.41) is 11.0. The van der Waals surface area contributed by atoms with Crippen molar-refractivity contribution in [1.29, 1.82) is 0 Å². The van der Waals surface area contributed by atoms with Crippen molar-refractivity contribution in [2.24, 2.45) is 11.8 Å². The van der Waals surface area contributed by atoms with Crippen LogP contribution in [0.3, 0.4) is 0 Å². The molecule has 6 nitrogen and oxygen atoms in total. The number of ketones is 1. The van der Waals surface area contributed by atoms with E-state index in [4.69, 9.17) is 9.47 Å². The van der Waals surface area contributed by atoms with E-state index < -0.39 is 41.1 Å².